The van der Waals surface area contributed by atoms with Gasteiger partial charge in [-0.25, -0.2) is 0 Å². The molecule has 0 N–H and O–H groups in total. The van der Waals surface area contributed by atoms with Gasteiger partial charge in [-0.3, -0.25) is 4.79 Å². The molecule has 0 aliphatic carbocycles. The van der Waals surface area contributed by atoms with E-state index in [2.05, 4.69) is 0 Å². The topological polar surface area (TPSA) is 17.1 Å². The first kappa shape index (κ1) is 13.9. The zero-order valence-corrected chi connectivity index (χ0v) is 11.7. The molecule has 96 valence electrons. The largest absolute Gasteiger partial charge is 0.298 e. The lowest BCUT2D eigenvalue weighted by Crippen LogP contribution is -1.92. The first-order valence-corrected chi connectivity index (χ1v) is 6.59. The molecule has 3 heteroatoms. The Kier molecular flexibility index (Phi) is 4.78. The first-order chi connectivity index (χ1) is 9.17. The van der Waals surface area contributed by atoms with E-state index in [1.54, 1.807) is 12.1 Å². The van der Waals surface area contributed by atoms with Crippen molar-refractivity contribution >= 4 is 35.6 Å². The third-order valence-corrected chi connectivity index (χ3v) is 3.20. The molecule has 0 unspecified atom stereocenters. The minimum atomic E-state index is 0.587. The summed E-state index contributed by atoms with van der Waals surface area (Å²) in [6, 6.07) is 14.9. The molecule has 0 radical (unpaired) electrons. The monoisotopic (exact) mass is 290 g/mol. The maximum absolute atomic E-state index is 11.1. The third kappa shape index (κ3) is 4.23. The van der Waals surface area contributed by atoms with Crippen LogP contribution in [0.1, 0.15) is 11.1 Å². The maximum Gasteiger partial charge on any atom is 0.146 e. The molecule has 0 aliphatic heterocycles. The van der Waals surface area contributed by atoms with E-state index in [9.17, 15) is 4.79 Å². The van der Waals surface area contributed by atoms with Gasteiger partial charge in [-0.15, -0.1) is 0 Å². The minimum Gasteiger partial charge on any atom is -0.298 e. The van der Waals surface area contributed by atoms with Crippen molar-refractivity contribution in [1.82, 2.24) is 0 Å². The van der Waals surface area contributed by atoms with Crippen molar-refractivity contribution in [2.24, 2.45) is 0 Å². The molecular weight excluding hydrogens is 279 g/mol. The van der Waals surface area contributed by atoms with Crippen LogP contribution in [0.15, 0.2) is 54.1 Å². The van der Waals surface area contributed by atoms with E-state index in [0.29, 0.717) is 22.0 Å². The second-order valence-electron chi connectivity index (χ2n) is 4.19. The predicted octanol–water partition coefficient (Wildman–Crippen LogP) is 4.82. The Morgan fingerprint density at radius 1 is 0.895 bits per heavy atom. The number of hydrogen-bond donors (Lipinski definition) is 0. The van der Waals surface area contributed by atoms with Crippen LogP contribution in [-0.2, 0) is 11.2 Å². The number of allylic oxidation sites excluding steroid dienone is 1. The molecule has 1 nitrogen and oxygen atoms in total. The first-order valence-electron chi connectivity index (χ1n) is 5.83. The number of carbonyl (C=O) groups excluding carboxylic acids is 1. The van der Waals surface area contributed by atoms with E-state index >= 15 is 0 Å². The van der Waals surface area contributed by atoms with Crippen LogP contribution < -0.4 is 0 Å². The van der Waals surface area contributed by atoms with Crippen molar-refractivity contribution in [1.29, 1.82) is 0 Å². The molecule has 0 aliphatic rings. The summed E-state index contributed by atoms with van der Waals surface area (Å²) in [7, 11) is 0. The molecular formula is C16H12Cl2O. The van der Waals surface area contributed by atoms with Crippen LogP contribution in [0, 0.1) is 0 Å². The third-order valence-electron chi connectivity index (χ3n) is 2.69. The fourth-order valence-corrected chi connectivity index (χ4v) is 1.99. The summed E-state index contributed by atoms with van der Waals surface area (Å²) >= 11 is 11.7. The van der Waals surface area contributed by atoms with Gasteiger partial charge in [0.15, 0.2) is 0 Å². The second-order valence-corrected chi connectivity index (χ2v) is 5.06. The predicted molar refractivity (Wildman–Crippen MR) is 80.6 cm³/mol. The van der Waals surface area contributed by atoms with E-state index < -0.39 is 0 Å². The van der Waals surface area contributed by atoms with Crippen molar-refractivity contribution in [3.63, 3.8) is 0 Å². The van der Waals surface area contributed by atoms with Crippen LogP contribution in [0.4, 0.5) is 0 Å². The van der Waals surface area contributed by atoms with Crippen molar-refractivity contribution in [3.8, 4) is 0 Å². The Hall–Kier alpha value is -1.57. The molecule has 2 rings (SSSR count). The van der Waals surface area contributed by atoms with Crippen LogP contribution in [-0.4, -0.2) is 6.29 Å². The van der Waals surface area contributed by atoms with Crippen LogP contribution in [0.5, 0.6) is 0 Å². The van der Waals surface area contributed by atoms with E-state index in [4.69, 9.17) is 23.2 Å². The van der Waals surface area contributed by atoms with Gasteiger partial charge in [0, 0.05) is 16.5 Å². The Morgan fingerprint density at radius 2 is 1.42 bits per heavy atom. The summed E-state index contributed by atoms with van der Waals surface area (Å²) in [5, 5.41) is 1.38. The van der Waals surface area contributed by atoms with Crippen LogP contribution in [0.25, 0.3) is 6.08 Å². The molecule has 2 aromatic rings. The normalized spacial score (nSPS) is 11.4. The van der Waals surface area contributed by atoms with E-state index in [1.807, 2.05) is 42.5 Å². The highest BCUT2D eigenvalue weighted by atomic mass is 35.5. The average molecular weight is 291 g/mol. The highest BCUT2D eigenvalue weighted by Gasteiger charge is 2.00. The molecule has 0 amide bonds. The Morgan fingerprint density at radius 3 is 1.95 bits per heavy atom. The molecule has 0 saturated heterocycles. The van der Waals surface area contributed by atoms with Crippen LogP contribution >= 0.6 is 23.2 Å². The van der Waals surface area contributed by atoms with Gasteiger partial charge >= 0.3 is 0 Å². The highest BCUT2D eigenvalue weighted by Crippen LogP contribution is 2.16. The van der Waals surface area contributed by atoms with Gasteiger partial charge in [0.05, 0.1) is 0 Å². The molecule has 0 fully saturated rings. The number of carbonyl (C=O) groups is 1. The summed E-state index contributed by atoms with van der Waals surface area (Å²) in [5.41, 5.74) is 2.72. The van der Waals surface area contributed by atoms with Gasteiger partial charge in [-0.2, -0.15) is 0 Å². The van der Waals surface area contributed by atoms with Gasteiger partial charge in [0.25, 0.3) is 0 Å². The Balaban J connectivity index is 2.17. The van der Waals surface area contributed by atoms with Crippen molar-refractivity contribution in [2.45, 2.75) is 6.42 Å². The van der Waals surface area contributed by atoms with Crippen LogP contribution in [0.2, 0.25) is 10.0 Å². The molecule has 0 atom stereocenters. The summed E-state index contributed by atoms with van der Waals surface area (Å²) in [6.07, 6.45) is 3.32. The van der Waals surface area contributed by atoms with Gasteiger partial charge in [0.2, 0.25) is 0 Å². The van der Waals surface area contributed by atoms with E-state index in [0.717, 1.165) is 17.4 Å². The SMILES string of the molecule is O=C/C(=C/c1ccc(Cl)cc1)Cc1ccc(Cl)cc1. The smallest absolute Gasteiger partial charge is 0.146 e. The Labute approximate surface area is 122 Å². The zero-order valence-electron chi connectivity index (χ0n) is 10.1. The number of benzene rings is 2. The number of hydrogen-bond acceptors (Lipinski definition) is 1. The molecule has 0 saturated carbocycles. The number of halogens is 2. The summed E-state index contributed by atoms with van der Waals surface area (Å²) in [6.45, 7) is 0. The minimum absolute atomic E-state index is 0.587. The molecule has 2 aromatic carbocycles. The van der Waals surface area contributed by atoms with E-state index in [-0.39, 0.29) is 0 Å². The quantitative estimate of drug-likeness (QED) is 0.583. The number of rotatable bonds is 4. The average Bonchev–Trinajstić information content (AvgIpc) is 2.43. The lowest BCUT2D eigenvalue weighted by Gasteiger charge is -2.02. The Bertz CT molecular complexity index is 583. The fourth-order valence-electron chi connectivity index (χ4n) is 1.74. The molecule has 0 heterocycles. The van der Waals surface area contributed by atoms with Gasteiger partial charge in [-0.1, -0.05) is 47.5 Å². The fraction of sp³-hybridized carbons (Fsp3) is 0.0625. The highest BCUT2D eigenvalue weighted by molar-refractivity contribution is 6.30. The van der Waals surface area contributed by atoms with Gasteiger partial charge < -0.3 is 0 Å². The van der Waals surface area contributed by atoms with E-state index in [1.165, 1.54) is 0 Å². The van der Waals surface area contributed by atoms with Gasteiger partial charge in [0.1, 0.15) is 6.29 Å². The summed E-state index contributed by atoms with van der Waals surface area (Å²) in [4.78, 5) is 11.1. The lowest BCUT2D eigenvalue weighted by molar-refractivity contribution is -0.104. The van der Waals surface area contributed by atoms with Crippen LogP contribution in [0.3, 0.4) is 0 Å². The number of aldehydes is 1. The van der Waals surface area contributed by atoms with Crippen molar-refractivity contribution in [2.75, 3.05) is 0 Å². The molecule has 0 bridgehead atoms. The maximum atomic E-state index is 11.1. The van der Waals surface area contributed by atoms with Crippen molar-refractivity contribution in [3.05, 3.63) is 75.3 Å². The lowest BCUT2D eigenvalue weighted by atomic mass is 10.0. The zero-order chi connectivity index (χ0) is 13.7. The summed E-state index contributed by atoms with van der Waals surface area (Å²) in [5.74, 6) is 0. The van der Waals surface area contributed by atoms with Gasteiger partial charge in [-0.05, 0) is 47.0 Å². The van der Waals surface area contributed by atoms with Crippen molar-refractivity contribution < 1.29 is 4.79 Å². The molecule has 0 aromatic heterocycles. The molecule has 0 spiro atoms. The standard InChI is InChI=1S/C16H12Cl2O/c17-15-5-1-12(2-6-15)9-14(11-19)10-13-3-7-16(18)8-4-13/h1-9,11H,10H2/b14-9+. The molecule has 19 heavy (non-hydrogen) atoms. The second kappa shape index (κ2) is 6.55. The summed E-state index contributed by atoms with van der Waals surface area (Å²) < 4.78 is 0.